The third kappa shape index (κ3) is 3.22. The molecule has 2 rings (SSSR count). The summed E-state index contributed by atoms with van der Waals surface area (Å²) in [5.74, 6) is 0.344. The number of aromatic hydroxyl groups is 1. The maximum atomic E-state index is 9.30. The zero-order valence-corrected chi connectivity index (χ0v) is 10.5. The molecule has 0 unspecified atom stereocenters. The van der Waals surface area contributed by atoms with E-state index in [2.05, 4.69) is 0 Å². The number of rotatable bonds is 3. The van der Waals surface area contributed by atoms with Gasteiger partial charge in [-0.05, 0) is 48.9 Å². The van der Waals surface area contributed by atoms with Crippen molar-refractivity contribution in [1.82, 2.24) is 0 Å². The summed E-state index contributed by atoms with van der Waals surface area (Å²) in [6.45, 7) is 0.786. The standard InChI is InChI=1S/C15H23NO/c16-12-15(9-3-1-2-4-10-15)11-13-5-7-14(17)8-6-13/h5-8,17H,1-4,9-12,16H2. The highest BCUT2D eigenvalue weighted by atomic mass is 16.3. The molecule has 1 aromatic carbocycles. The second-order valence-corrected chi connectivity index (χ2v) is 5.46. The van der Waals surface area contributed by atoms with Gasteiger partial charge in [0, 0.05) is 0 Å². The number of hydrogen-bond acceptors (Lipinski definition) is 2. The average Bonchev–Trinajstić information content (AvgIpc) is 2.58. The summed E-state index contributed by atoms with van der Waals surface area (Å²) in [4.78, 5) is 0. The van der Waals surface area contributed by atoms with Crippen molar-refractivity contribution in [1.29, 1.82) is 0 Å². The van der Waals surface area contributed by atoms with Gasteiger partial charge in [-0.1, -0.05) is 37.8 Å². The van der Waals surface area contributed by atoms with Crippen LogP contribution in [0, 0.1) is 5.41 Å². The summed E-state index contributed by atoms with van der Waals surface area (Å²) in [5, 5.41) is 9.30. The summed E-state index contributed by atoms with van der Waals surface area (Å²) >= 11 is 0. The predicted molar refractivity (Wildman–Crippen MR) is 71.0 cm³/mol. The maximum Gasteiger partial charge on any atom is 0.115 e. The van der Waals surface area contributed by atoms with Gasteiger partial charge in [-0.25, -0.2) is 0 Å². The van der Waals surface area contributed by atoms with Crippen molar-refractivity contribution in [3.05, 3.63) is 29.8 Å². The molecule has 1 aromatic rings. The van der Waals surface area contributed by atoms with E-state index in [9.17, 15) is 5.11 Å². The molecule has 1 saturated carbocycles. The lowest BCUT2D eigenvalue weighted by Crippen LogP contribution is -2.32. The van der Waals surface area contributed by atoms with Crippen molar-refractivity contribution in [2.45, 2.75) is 44.9 Å². The summed E-state index contributed by atoms with van der Waals surface area (Å²) in [7, 11) is 0. The lowest BCUT2D eigenvalue weighted by Gasteiger charge is -2.31. The lowest BCUT2D eigenvalue weighted by molar-refractivity contribution is 0.252. The molecule has 2 heteroatoms. The SMILES string of the molecule is NCC1(Cc2ccc(O)cc2)CCCCCC1. The van der Waals surface area contributed by atoms with Gasteiger partial charge < -0.3 is 10.8 Å². The van der Waals surface area contributed by atoms with Crippen molar-refractivity contribution >= 4 is 0 Å². The van der Waals surface area contributed by atoms with Gasteiger partial charge in [0.2, 0.25) is 0 Å². The van der Waals surface area contributed by atoms with Gasteiger partial charge in [-0.15, -0.1) is 0 Å². The first kappa shape index (κ1) is 12.4. The number of nitrogens with two attached hydrogens (primary N) is 1. The van der Waals surface area contributed by atoms with E-state index in [-0.39, 0.29) is 0 Å². The van der Waals surface area contributed by atoms with Gasteiger partial charge in [-0.2, -0.15) is 0 Å². The minimum Gasteiger partial charge on any atom is -0.508 e. The monoisotopic (exact) mass is 233 g/mol. The second kappa shape index (κ2) is 5.54. The van der Waals surface area contributed by atoms with Crippen LogP contribution in [0.1, 0.15) is 44.1 Å². The number of hydrogen-bond donors (Lipinski definition) is 2. The number of phenolic OH excluding ortho intramolecular Hbond substituents is 1. The molecule has 0 radical (unpaired) electrons. The van der Waals surface area contributed by atoms with Crippen LogP contribution in [0.5, 0.6) is 5.75 Å². The first-order valence-corrected chi connectivity index (χ1v) is 6.72. The number of phenols is 1. The van der Waals surface area contributed by atoms with E-state index in [1.165, 1.54) is 44.1 Å². The normalized spacial score (nSPS) is 19.8. The highest BCUT2D eigenvalue weighted by molar-refractivity contribution is 5.26. The zero-order valence-electron chi connectivity index (χ0n) is 10.5. The summed E-state index contributed by atoms with van der Waals surface area (Å²) < 4.78 is 0. The molecule has 0 aliphatic heterocycles. The average molecular weight is 233 g/mol. The van der Waals surface area contributed by atoms with Crippen LogP contribution in [0.3, 0.4) is 0 Å². The Balaban J connectivity index is 2.09. The molecule has 0 aromatic heterocycles. The molecular weight excluding hydrogens is 210 g/mol. The van der Waals surface area contributed by atoms with E-state index >= 15 is 0 Å². The molecule has 0 atom stereocenters. The quantitative estimate of drug-likeness (QED) is 0.787. The smallest absolute Gasteiger partial charge is 0.115 e. The first-order chi connectivity index (χ1) is 8.24. The molecule has 3 N–H and O–H groups in total. The van der Waals surface area contributed by atoms with Crippen molar-refractivity contribution in [2.75, 3.05) is 6.54 Å². The van der Waals surface area contributed by atoms with Crippen LogP contribution >= 0.6 is 0 Å². The van der Waals surface area contributed by atoms with E-state index in [0.29, 0.717) is 11.2 Å². The topological polar surface area (TPSA) is 46.2 Å². The van der Waals surface area contributed by atoms with Gasteiger partial charge in [-0.3, -0.25) is 0 Å². The largest absolute Gasteiger partial charge is 0.508 e. The molecule has 0 amide bonds. The van der Waals surface area contributed by atoms with Crippen LogP contribution in [0.15, 0.2) is 24.3 Å². The molecular formula is C15H23NO. The van der Waals surface area contributed by atoms with Crippen LogP contribution in [-0.2, 0) is 6.42 Å². The molecule has 0 spiro atoms. The highest BCUT2D eigenvalue weighted by Gasteiger charge is 2.29. The predicted octanol–water partition coefficient (Wildman–Crippen LogP) is 3.23. The molecule has 2 nitrogen and oxygen atoms in total. The zero-order chi connectivity index (χ0) is 12.1. The van der Waals surface area contributed by atoms with Gasteiger partial charge in [0.15, 0.2) is 0 Å². The summed E-state index contributed by atoms with van der Waals surface area (Å²) in [6.07, 6.45) is 8.91. The van der Waals surface area contributed by atoms with E-state index in [4.69, 9.17) is 5.73 Å². The molecule has 94 valence electrons. The minimum atomic E-state index is 0.299. The first-order valence-electron chi connectivity index (χ1n) is 6.72. The molecule has 0 bridgehead atoms. The minimum absolute atomic E-state index is 0.299. The van der Waals surface area contributed by atoms with Gasteiger partial charge in [0.05, 0.1) is 0 Å². The molecule has 0 saturated heterocycles. The van der Waals surface area contributed by atoms with Crippen LogP contribution < -0.4 is 5.73 Å². The Labute approximate surface area is 104 Å². The Morgan fingerprint density at radius 1 is 1.00 bits per heavy atom. The third-order valence-electron chi connectivity index (χ3n) is 4.11. The van der Waals surface area contributed by atoms with Crippen molar-refractivity contribution in [2.24, 2.45) is 11.1 Å². The highest BCUT2D eigenvalue weighted by Crippen LogP contribution is 2.37. The molecule has 0 heterocycles. The number of benzene rings is 1. The van der Waals surface area contributed by atoms with Crippen LogP contribution in [0.25, 0.3) is 0 Å². The molecule has 17 heavy (non-hydrogen) atoms. The van der Waals surface area contributed by atoms with Crippen molar-refractivity contribution in [3.8, 4) is 5.75 Å². The second-order valence-electron chi connectivity index (χ2n) is 5.46. The Hall–Kier alpha value is -1.02. The molecule has 1 fully saturated rings. The Bertz CT molecular complexity index is 336. The molecule has 1 aliphatic rings. The lowest BCUT2D eigenvalue weighted by atomic mass is 9.75. The van der Waals surface area contributed by atoms with Crippen LogP contribution in [0.2, 0.25) is 0 Å². The Kier molecular flexibility index (Phi) is 4.06. The Morgan fingerprint density at radius 2 is 1.59 bits per heavy atom. The fourth-order valence-corrected chi connectivity index (χ4v) is 2.98. The van der Waals surface area contributed by atoms with Gasteiger partial charge >= 0.3 is 0 Å². The van der Waals surface area contributed by atoms with Crippen LogP contribution in [-0.4, -0.2) is 11.7 Å². The van der Waals surface area contributed by atoms with Crippen LogP contribution in [0.4, 0.5) is 0 Å². The fourth-order valence-electron chi connectivity index (χ4n) is 2.98. The Morgan fingerprint density at radius 3 is 2.12 bits per heavy atom. The maximum absolute atomic E-state index is 9.30. The fraction of sp³-hybridized carbons (Fsp3) is 0.600. The summed E-state index contributed by atoms with van der Waals surface area (Å²) in [5.41, 5.74) is 7.64. The van der Waals surface area contributed by atoms with Crippen molar-refractivity contribution in [3.63, 3.8) is 0 Å². The molecule has 1 aliphatic carbocycles. The summed E-state index contributed by atoms with van der Waals surface area (Å²) in [6, 6.07) is 7.60. The van der Waals surface area contributed by atoms with E-state index in [0.717, 1.165) is 13.0 Å². The van der Waals surface area contributed by atoms with Gasteiger partial charge in [0.25, 0.3) is 0 Å². The third-order valence-corrected chi connectivity index (χ3v) is 4.11. The van der Waals surface area contributed by atoms with E-state index < -0.39 is 0 Å². The van der Waals surface area contributed by atoms with Gasteiger partial charge in [0.1, 0.15) is 5.75 Å². The van der Waals surface area contributed by atoms with Crippen molar-refractivity contribution < 1.29 is 5.11 Å². The van der Waals surface area contributed by atoms with E-state index in [1.54, 1.807) is 12.1 Å². The van der Waals surface area contributed by atoms with E-state index in [1.807, 2.05) is 12.1 Å².